The summed E-state index contributed by atoms with van der Waals surface area (Å²) < 4.78 is 13.0. The summed E-state index contributed by atoms with van der Waals surface area (Å²) in [6.07, 6.45) is 0. The van der Waals surface area contributed by atoms with E-state index in [0.717, 1.165) is 0 Å². The highest BCUT2D eigenvalue weighted by atomic mass is 16.5. The van der Waals surface area contributed by atoms with Gasteiger partial charge in [0.15, 0.2) is 0 Å². The van der Waals surface area contributed by atoms with E-state index in [1.54, 1.807) is 26.2 Å². The lowest BCUT2D eigenvalue weighted by atomic mass is 10.3. The van der Waals surface area contributed by atoms with Gasteiger partial charge in [-0.1, -0.05) is 13.2 Å². The lowest BCUT2D eigenvalue weighted by Gasteiger charge is -1.95. The van der Waals surface area contributed by atoms with E-state index < -0.39 is 11.9 Å². The molecule has 22 heavy (non-hydrogen) atoms. The summed E-state index contributed by atoms with van der Waals surface area (Å²) in [5.41, 5.74) is -0.329. The number of nitriles is 2. The van der Waals surface area contributed by atoms with E-state index in [0.29, 0.717) is 6.61 Å². The second-order valence-electron chi connectivity index (χ2n) is 3.11. The van der Waals surface area contributed by atoms with Gasteiger partial charge in [-0.25, -0.2) is 9.59 Å². The van der Waals surface area contributed by atoms with Crippen molar-refractivity contribution in [2.45, 2.75) is 6.92 Å². The Morgan fingerprint density at radius 2 is 1.59 bits per heavy atom. The fourth-order valence-electron chi connectivity index (χ4n) is 0.524. The van der Waals surface area contributed by atoms with E-state index in [1.165, 1.54) is 7.11 Å². The Bertz CT molecular complexity index is 449. The number of hydrogen-bond donors (Lipinski definition) is 1. The first-order valence-electron chi connectivity index (χ1n) is 5.89. The molecule has 0 aromatic rings. The summed E-state index contributed by atoms with van der Waals surface area (Å²) in [4.78, 5) is 20.6. The van der Waals surface area contributed by atoms with Gasteiger partial charge in [0.05, 0.1) is 26.9 Å². The number of aliphatic hydroxyl groups is 1. The average molecular weight is 315 g/mol. The highest BCUT2D eigenvalue weighted by Gasteiger charge is 2.04. The van der Waals surface area contributed by atoms with E-state index in [4.69, 9.17) is 15.6 Å². The summed E-state index contributed by atoms with van der Waals surface area (Å²) >= 11 is 0. The molecule has 0 radical (unpaired) electrons. The van der Waals surface area contributed by atoms with Crippen LogP contribution in [0.5, 0.6) is 0 Å². The summed E-state index contributed by atoms with van der Waals surface area (Å²) in [7, 11) is 2.75. The van der Waals surface area contributed by atoms with Crippen molar-refractivity contribution in [3.8, 4) is 12.1 Å². The van der Waals surface area contributed by atoms with Gasteiger partial charge >= 0.3 is 11.9 Å². The topological polar surface area (TPSA) is 130 Å². The third-order valence-corrected chi connectivity index (χ3v) is 1.52. The number of hydrogen-bond acceptors (Lipinski definition) is 8. The minimum absolute atomic E-state index is 0. The molecule has 8 heteroatoms. The van der Waals surface area contributed by atoms with E-state index in [-0.39, 0.29) is 25.8 Å². The van der Waals surface area contributed by atoms with Gasteiger partial charge < -0.3 is 19.3 Å². The maximum absolute atomic E-state index is 10.4. The number of esters is 2. The van der Waals surface area contributed by atoms with Crippen LogP contribution in [0.4, 0.5) is 0 Å². The molecule has 0 heterocycles. The predicted octanol–water partition coefficient (Wildman–Crippen LogP) is 0.740. The molecular formula is C14H22N2O6. The number of nitrogens with zero attached hydrogens (tertiary/aromatic N) is 2. The molecule has 124 valence electrons. The zero-order valence-electron chi connectivity index (χ0n) is 12.9. The molecule has 0 amide bonds. The molecular weight excluding hydrogens is 292 g/mol. The number of methoxy groups -OCH3 is 2. The van der Waals surface area contributed by atoms with Gasteiger partial charge in [0.25, 0.3) is 0 Å². The van der Waals surface area contributed by atoms with Crippen LogP contribution >= 0.6 is 0 Å². The molecule has 0 aromatic heterocycles. The van der Waals surface area contributed by atoms with Crippen molar-refractivity contribution in [2.24, 2.45) is 0 Å². The molecule has 0 atom stereocenters. The van der Waals surface area contributed by atoms with Gasteiger partial charge in [-0.15, -0.1) is 0 Å². The predicted molar refractivity (Wildman–Crippen MR) is 79.2 cm³/mol. The summed E-state index contributed by atoms with van der Waals surface area (Å²) in [6.45, 7) is 8.78. The van der Waals surface area contributed by atoms with E-state index in [2.05, 4.69) is 27.4 Å². The second kappa shape index (κ2) is 18.3. The highest BCUT2D eigenvalue weighted by Crippen LogP contribution is 1.90. The molecule has 0 aliphatic rings. The zero-order chi connectivity index (χ0) is 18.0. The van der Waals surface area contributed by atoms with E-state index in [9.17, 15) is 9.59 Å². The quantitative estimate of drug-likeness (QED) is 0.446. The van der Waals surface area contributed by atoms with Crippen LogP contribution < -0.4 is 0 Å². The fourth-order valence-corrected chi connectivity index (χ4v) is 0.524. The van der Waals surface area contributed by atoms with E-state index in [1.807, 2.05) is 0 Å². The molecule has 8 nitrogen and oxygen atoms in total. The Morgan fingerprint density at radius 1 is 1.14 bits per heavy atom. The Balaban J connectivity index is -0.000000120. The fraction of sp³-hybridized carbons (Fsp3) is 0.429. The van der Waals surface area contributed by atoms with Crippen molar-refractivity contribution in [1.29, 1.82) is 10.5 Å². The molecule has 0 rings (SSSR count). The molecule has 0 fully saturated rings. The van der Waals surface area contributed by atoms with Crippen LogP contribution in [-0.2, 0) is 23.8 Å². The Morgan fingerprint density at radius 3 is 1.77 bits per heavy atom. The molecule has 0 saturated heterocycles. The maximum Gasteiger partial charge on any atom is 0.348 e. The number of carbonyl (C=O) groups is 2. The second-order valence-corrected chi connectivity index (χ2v) is 3.11. The minimum atomic E-state index is -0.674. The van der Waals surface area contributed by atoms with Crippen molar-refractivity contribution in [1.82, 2.24) is 0 Å². The molecule has 0 bridgehead atoms. The largest absolute Gasteiger partial charge is 0.465 e. The number of ether oxygens (including phenoxy) is 3. The number of aliphatic hydroxyl groups excluding tert-OH is 1. The first-order chi connectivity index (χ1) is 10.4. The smallest absolute Gasteiger partial charge is 0.348 e. The molecule has 0 spiro atoms. The third kappa shape index (κ3) is 17.3. The third-order valence-electron chi connectivity index (χ3n) is 1.52. The number of rotatable bonds is 5. The first-order valence-corrected chi connectivity index (χ1v) is 5.89. The monoisotopic (exact) mass is 315 g/mol. The lowest BCUT2D eigenvalue weighted by Crippen LogP contribution is -2.04. The van der Waals surface area contributed by atoms with Gasteiger partial charge in [-0.3, -0.25) is 0 Å². The first kappa shape index (κ1) is 24.3. The van der Waals surface area contributed by atoms with Gasteiger partial charge in [-0.2, -0.15) is 10.5 Å². The van der Waals surface area contributed by atoms with Crippen LogP contribution in [0.2, 0.25) is 0 Å². The highest BCUT2D eigenvalue weighted by molar-refractivity contribution is 5.92. The minimum Gasteiger partial charge on any atom is -0.465 e. The van der Waals surface area contributed by atoms with Gasteiger partial charge in [-0.05, 0) is 6.92 Å². The Hall–Kier alpha value is -2.68. The number of carbonyl (C=O) groups excluding carboxylic acids is 2. The van der Waals surface area contributed by atoms with Gasteiger partial charge in [0.1, 0.15) is 23.3 Å². The SMILES string of the molecule is C=C(C#N)C(=O)OC.C=C(C#N)C(=O)OCC.COCCO.[2HH]. The molecule has 0 aliphatic heterocycles. The van der Waals surface area contributed by atoms with Crippen molar-refractivity contribution in [3.63, 3.8) is 0 Å². The van der Waals surface area contributed by atoms with Crippen LogP contribution in [0.1, 0.15) is 8.35 Å². The van der Waals surface area contributed by atoms with Crippen molar-refractivity contribution in [2.75, 3.05) is 34.0 Å². The Kier molecular flexibility index (Phi) is 20.3. The normalized spacial score (nSPS) is 7.55. The van der Waals surface area contributed by atoms with Crippen LogP contribution in [0.3, 0.4) is 0 Å². The van der Waals surface area contributed by atoms with Crippen LogP contribution in [-0.4, -0.2) is 51.1 Å². The van der Waals surface area contributed by atoms with Crippen molar-refractivity contribution >= 4 is 11.9 Å². The molecule has 0 aliphatic carbocycles. The summed E-state index contributed by atoms with van der Waals surface area (Å²) in [5, 5.41) is 24.0. The molecule has 0 saturated carbocycles. The average Bonchev–Trinajstić information content (AvgIpc) is 2.54. The van der Waals surface area contributed by atoms with Crippen LogP contribution in [0.15, 0.2) is 24.3 Å². The molecule has 0 unspecified atom stereocenters. The van der Waals surface area contributed by atoms with Crippen molar-refractivity contribution < 1.29 is 30.3 Å². The molecule has 1 N–H and O–H groups in total. The van der Waals surface area contributed by atoms with Gasteiger partial charge in [0, 0.05) is 8.54 Å². The van der Waals surface area contributed by atoms with E-state index >= 15 is 0 Å². The van der Waals surface area contributed by atoms with Crippen LogP contribution in [0, 0.1) is 22.7 Å². The Labute approximate surface area is 131 Å². The summed E-state index contributed by atoms with van der Waals surface area (Å²) in [5.74, 6) is -1.31. The zero-order valence-corrected chi connectivity index (χ0v) is 12.9. The van der Waals surface area contributed by atoms with Crippen molar-refractivity contribution in [3.05, 3.63) is 24.3 Å². The standard InChI is InChI=1S/C6H7NO2.C5H5NO2.C3H8O2.H2/c1-3-9-6(8)5(2)4-7;1-4(3-6)5(7)8-2;1-5-3-2-4;/h2-3H2,1H3;1H2,2H3;4H,2-3H2,1H3;1H/i;;;1+1. The molecule has 0 aromatic carbocycles. The van der Waals surface area contributed by atoms with Gasteiger partial charge in [0.2, 0.25) is 0 Å². The lowest BCUT2D eigenvalue weighted by molar-refractivity contribution is -0.138. The maximum atomic E-state index is 10.4. The summed E-state index contributed by atoms with van der Waals surface area (Å²) in [6, 6.07) is 3.13. The van der Waals surface area contributed by atoms with Crippen LogP contribution in [0.25, 0.3) is 0 Å².